The standard InChI is InChI=1S/C16H12ClN5O/c1-22-8-9-5-10(14(23-2)6-12(9)21-22)16-18-7-13-11(20-16)3-4-15(17)19-13/h3-8H,1-2H3. The summed E-state index contributed by atoms with van der Waals surface area (Å²) in [5.41, 5.74) is 3.06. The Balaban J connectivity index is 1.94. The molecule has 0 atom stereocenters. The predicted octanol–water partition coefficient (Wildman–Crippen LogP) is 3.24. The smallest absolute Gasteiger partial charge is 0.163 e. The van der Waals surface area contributed by atoms with Gasteiger partial charge in [0.25, 0.3) is 0 Å². The Labute approximate surface area is 136 Å². The molecule has 0 fully saturated rings. The molecule has 0 unspecified atom stereocenters. The molecule has 4 aromatic rings. The van der Waals surface area contributed by atoms with E-state index < -0.39 is 0 Å². The van der Waals surface area contributed by atoms with Crippen molar-refractivity contribution in [2.24, 2.45) is 7.05 Å². The number of ether oxygens (including phenoxy) is 1. The van der Waals surface area contributed by atoms with E-state index in [1.807, 2.05) is 31.4 Å². The van der Waals surface area contributed by atoms with E-state index >= 15 is 0 Å². The van der Waals surface area contributed by atoms with Crippen molar-refractivity contribution in [2.75, 3.05) is 7.11 Å². The molecule has 3 heterocycles. The van der Waals surface area contributed by atoms with Crippen molar-refractivity contribution in [3.8, 4) is 17.1 Å². The Morgan fingerprint density at radius 1 is 1.09 bits per heavy atom. The lowest BCUT2D eigenvalue weighted by molar-refractivity contribution is 0.416. The molecular weight excluding hydrogens is 314 g/mol. The van der Waals surface area contributed by atoms with E-state index in [0.717, 1.165) is 22.0 Å². The minimum atomic E-state index is 0.420. The molecule has 6 nitrogen and oxygen atoms in total. The lowest BCUT2D eigenvalue weighted by Crippen LogP contribution is -1.95. The number of methoxy groups -OCH3 is 1. The number of rotatable bonds is 2. The van der Waals surface area contributed by atoms with E-state index in [4.69, 9.17) is 16.3 Å². The molecule has 7 heteroatoms. The number of halogens is 1. The van der Waals surface area contributed by atoms with Crippen molar-refractivity contribution in [1.82, 2.24) is 24.7 Å². The highest BCUT2D eigenvalue weighted by Crippen LogP contribution is 2.32. The molecule has 0 saturated heterocycles. The summed E-state index contributed by atoms with van der Waals surface area (Å²) in [4.78, 5) is 13.2. The molecule has 3 aromatic heterocycles. The lowest BCUT2D eigenvalue weighted by Gasteiger charge is -2.08. The molecule has 0 spiro atoms. The molecule has 0 bridgehead atoms. The quantitative estimate of drug-likeness (QED) is 0.529. The zero-order valence-corrected chi connectivity index (χ0v) is 13.2. The fourth-order valence-electron chi connectivity index (χ4n) is 2.55. The predicted molar refractivity (Wildman–Crippen MR) is 88.6 cm³/mol. The van der Waals surface area contributed by atoms with E-state index in [9.17, 15) is 0 Å². The molecule has 0 aliphatic carbocycles. The Hall–Kier alpha value is -2.73. The van der Waals surface area contributed by atoms with Crippen molar-refractivity contribution in [3.05, 3.63) is 41.8 Å². The molecule has 23 heavy (non-hydrogen) atoms. The third kappa shape index (κ3) is 2.37. The van der Waals surface area contributed by atoms with Gasteiger partial charge in [-0.25, -0.2) is 15.0 Å². The number of aryl methyl sites for hydroxylation is 1. The maximum atomic E-state index is 5.89. The zero-order valence-electron chi connectivity index (χ0n) is 12.5. The first-order valence-corrected chi connectivity index (χ1v) is 7.33. The highest BCUT2D eigenvalue weighted by molar-refractivity contribution is 6.29. The van der Waals surface area contributed by atoms with Crippen LogP contribution in [0.3, 0.4) is 0 Å². The molecule has 1 aromatic carbocycles. The Morgan fingerprint density at radius 2 is 1.96 bits per heavy atom. The van der Waals surface area contributed by atoms with Gasteiger partial charge in [-0.3, -0.25) is 4.68 Å². The summed E-state index contributed by atoms with van der Waals surface area (Å²) in [6, 6.07) is 7.40. The Kier molecular flexibility index (Phi) is 3.12. The van der Waals surface area contributed by atoms with Crippen molar-refractivity contribution in [1.29, 1.82) is 0 Å². The van der Waals surface area contributed by atoms with Gasteiger partial charge in [0, 0.05) is 24.7 Å². The third-order valence-electron chi connectivity index (χ3n) is 3.58. The van der Waals surface area contributed by atoms with Gasteiger partial charge in [-0.1, -0.05) is 11.6 Å². The minimum absolute atomic E-state index is 0.420. The van der Waals surface area contributed by atoms with Gasteiger partial charge in [0.05, 0.1) is 29.9 Å². The molecular formula is C16H12ClN5O. The van der Waals surface area contributed by atoms with Crippen molar-refractivity contribution in [3.63, 3.8) is 0 Å². The largest absolute Gasteiger partial charge is 0.496 e. The minimum Gasteiger partial charge on any atom is -0.496 e. The fraction of sp³-hybridized carbons (Fsp3) is 0.125. The van der Waals surface area contributed by atoms with Crippen LogP contribution in [0.4, 0.5) is 0 Å². The van der Waals surface area contributed by atoms with Crippen LogP contribution in [0.15, 0.2) is 36.7 Å². The second-order valence-electron chi connectivity index (χ2n) is 5.15. The first-order valence-electron chi connectivity index (χ1n) is 6.95. The third-order valence-corrected chi connectivity index (χ3v) is 3.80. The normalized spacial score (nSPS) is 11.3. The van der Waals surface area contributed by atoms with Crippen LogP contribution in [0, 0.1) is 0 Å². The topological polar surface area (TPSA) is 65.7 Å². The molecule has 0 radical (unpaired) electrons. The van der Waals surface area contributed by atoms with Crippen LogP contribution in [0.25, 0.3) is 33.3 Å². The number of nitrogens with zero attached hydrogens (tertiary/aromatic N) is 5. The average Bonchev–Trinajstić information content (AvgIpc) is 2.92. The fourth-order valence-corrected chi connectivity index (χ4v) is 2.70. The van der Waals surface area contributed by atoms with Crippen LogP contribution in [0.1, 0.15) is 0 Å². The number of aromatic nitrogens is 5. The highest BCUT2D eigenvalue weighted by atomic mass is 35.5. The summed E-state index contributed by atoms with van der Waals surface area (Å²) in [6.45, 7) is 0. The molecule has 0 amide bonds. The van der Waals surface area contributed by atoms with Crippen LogP contribution in [0.2, 0.25) is 5.15 Å². The molecule has 114 valence electrons. The Morgan fingerprint density at radius 3 is 2.78 bits per heavy atom. The van der Waals surface area contributed by atoms with Crippen molar-refractivity contribution < 1.29 is 4.74 Å². The molecule has 0 aliphatic rings. The van der Waals surface area contributed by atoms with E-state index in [1.165, 1.54) is 0 Å². The second kappa shape index (κ2) is 5.17. The summed E-state index contributed by atoms with van der Waals surface area (Å²) in [5, 5.41) is 5.81. The maximum Gasteiger partial charge on any atom is 0.163 e. The average molecular weight is 326 g/mol. The summed E-state index contributed by atoms with van der Waals surface area (Å²) in [7, 11) is 3.50. The van der Waals surface area contributed by atoms with Crippen LogP contribution < -0.4 is 4.74 Å². The summed E-state index contributed by atoms with van der Waals surface area (Å²) in [6.07, 6.45) is 3.61. The summed E-state index contributed by atoms with van der Waals surface area (Å²) < 4.78 is 7.25. The van der Waals surface area contributed by atoms with Gasteiger partial charge in [0.15, 0.2) is 5.82 Å². The number of fused-ring (bicyclic) bond motifs is 2. The van der Waals surface area contributed by atoms with Crippen LogP contribution in [-0.4, -0.2) is 31.8 Å². The van der Waals surface area contributed by atoms with E-state index in [0.29, 0.717) is 22.2 Å². The van der Waals surface area contributed by atoms with E-state index in [2.05, 4.69) is 20.1 Å². The number of hydrogen-bond donors (Lipinski definition) is 0. The first-order chi connectivity index (χ1) is 11.1. The first kappa shape index (κ1) is 13.9. The lowest BCUT2D eigenvalue weighted by atomic mass is 10.1. The van der Waals surface area contributed by atoms with Crippen molar-refractivity contribution in [2.45, 2.75) is 0 Å². The van der Waals surface area contributed by atoms with Crippen LogP contribution in [0.5, 0.6) is 5.75 Å². The van der Waals surface area contributed by atoms with Crippen LogP contribution in [-0.2, 0) is 7.05 Å². The maximum absolute atomic E-state index is 5.89. The van der Waals surface area contributed by atoms with Gasteiger partial charge in [-0.2, -0.15) is 5.10 Å². The molecule has 0 saturated carbocycles. The van der Waals surface area contributed by atoms with Gasteiger partial charge >= 0.3 is 0 Å². The van der Waals surface area contributed by atoms with Gasteiger partial charge in [0.1, 0.15) is 16.4 Å². The molecule has 4 rings (SSSR count). The van der Waals surface area contributed by atoms with Gasteiger partial charge in [-0.15, -0.1) is 0 Å². The molecule has 0 N–H and O–H groups in total. The van der Waals surface area contributed by atoms with E-state index in [1.54, 1.807) is 24.1 Å². The van der Waals surface area contributed by atoms with Crippen LogP contribution >= 0.6 is 11.6 Å². The van der Waals surface area contributed by atoms with Gasteiger partial charge in [-0.05, 0) is 18.2 Å². The second-order valence-corrected chi connectivity index (χ2v) is 5.53. The number of benzene rings is 1. The van der Waals surface area contributed by atoms with Gasteiger partial charge in [0.2, 0.25) is 0 Å². The highest BCUT2D eigenvalue weighted by Gasteiger charge is 2.13. The van der Waals surface area contributed by atoms with Crippen molar-refractivity contribution >= 4 is 33.5 Å². The number of pyridine rings is 1. The number of hydrogen-bond acceptors (Lipinski definition) is 5. The van der Waals surface area contributed by atoms with Gasteiger partial charge < -0.3 is 4.74 Å². The SMILES string of the molecule is COc1cc2nn(C)cc2cc1-c1ncc2nc(Cl)ccc2n1. The monoisotopic (exact) mass is 325 g/mol. The Bertz CT molecular complexity index is 1040. The van der Waals surface area contributed by atoms with E-state index in [-0.39, 0.29) is 0 Å². The summed E-state index contributed by atoms with van der Waals surface area (Å²) in [5.74, 6) is 1.25. The summed E-state index contributed by atoms with van der Waals surface area (Å²) >= 11 is 5.89. The molecule has 0 aliphatic heterocycles. The zero-order chi connectivity index (χ0) is 16.0.